The molecule has 0 bridgehead atoms. The predicted octanol–water partition coefficient (Wildman–Crippen LogP) is 10.2. The third-order valence-electron chi connectivity index (χ3n) is 7.93. The first-order valence-corrected chi connectivity index (χ1v) is 15.2. The van der Waals surface area contributed by atoms with Crippen LogP contribution in [0, 0.1) is 0 Å². The molecule has 0 unspecified atom stereocenters. The van der Waals surface area contributed by atoms with Gasteiger partial charge >= 0.3 is 0 Å². The van der Waals surface area contributed by atoms with Crippen LogP contribution in [0.4, 0.5) is 0 Å². The van der Waals surface area contributed by atoms with Gasteiger partial charge in [-0.2, -0.15) is 0 Å². The molecule has 0 aliphatic heterocycles. The van der Waals surface area contributed by atoms with Gasteiger partial charge in [-0.15, -0.1) is 11.3 Å². The Morgan fingerprint density at radius 1 is 0.455 bits per heavy atom. The molecule has 0 aliphatic rings. The number of hydrogen-bond acceptors (Lipinski definition) is 6. The molecule has 0 N–H and O–H groups in total. The fourth-order valence-electron chi connectivity index (χ4n) is 5.77. The van der Waals surface area contributed by atoms with Crippen LogP contribution in [-0.4, -0.2) is 19.9 Å². The quantitative estimate of drug-likeness (QED) is 0.207. The molecular weight excluding hydrogens is 561 g/mol. The number of rotatable bonds is 4. The average molecular weight is 583 g/mol. The lowest BCUT2D eigenvalue weighted by Gasteiger charge is -2.09. The van der Waals surface area contributed by atoms with E-state index >= 15 is 0 Å². The van der Waals surface area contributed by atoms with Crippen molar-refractivity contribution in [2.45, 2.75) is 0 Å². The summed E-state index contributed by atoms with van der Waals surface area (Å²) in [6, 6.07) is 45.3. The van der Waals surface area contributed by atoms with Crippen LogP contribution in [0.3, 0.4) is 0 Å². The molecule has 206 valence electrons. The van der Waals surface area contributed by atoms with Crippen LogP contribution < -0.4 is 0 Å². The van der Waals surface area contributed by atoms with Crippen molar-refractivity contribution in [1.29, 1.82) is 0 Å². The predicted molar refractivity (Wildman–Crippen MR) is 180 cm³/mol. The standard InChI is InChI=1S/C38H22N4OS/c1-4-10-23(11-5-1)35-40-36(24-12-6-2-7-13-24)42-37(41-35)27-17-16-26-21-29-32(22-28(26)20-27)44-31-19-18-30-34(33(29)31)43-38(39-30)25-14-8-3-9-15-25/h1-22H. The van der Waals surface area contributed by atoms with E-state index in [0.717, 1.165) is 49.5 Å². The number of fused-ring (bicyclic) bond motifs is 6. The summed E-state index contributed by atoms with van der Waals surface area (Å²) < 4.78 is 8.76. The summed E-state index contributed by atoms with van der Waals surface area (Å²) >= 11 is 1.77. The van der Waals surface area contributed by atoms with Crippen molar-refractivity contribution < 1.29 is 4.42 Å². The van der Waals surface area contributed by atoms with Crippen molar-refractivity contribution in [3.63, 3.8) is 0 Å². The summed E-state index contributed by atoms with van der Waals surface area (Å²) in [6.07, 6.45) is 0. The van der Waals surface area contributed by atoms with E-state index in [-0.39, 0.29) is 0 Å². The summed E-state index contributed by atoms with van der Waals surface area (Å²) in [5.74, 6) is 2.59. The first-order chi connectivity index (χ1) is 21.8. The number of hydrogen-bond donors (Lipinski definition) is 0. The van der Waals surface area contributed by atoms with Crippen LogP contribution in [0.2, 0.25) is 0 Å². The second-order valence-corrected chi connectivity index (χ2v) is 11.8. The minimum absolute atomic E-state index is 0.639. The summed E-state index contributed by atoms with van der Waals surface area (Å²) in [4.78, 5) is 19.5. The molecular formula is C38H22N4OS. The molecule has 9 aromatic rings. The van der Waals surface area contributed by atoms with Gasteiger partial charge in [0, 0.05) is 42.4 Å². The van der Waals surface area contributed by atoms with E-state index in [1.54, 1.807) is 11.3 Å². The third-order valence-corrected chi connectivity index (χ3v) is 9.04. The van der Waals surface area contributed by atoms with Crippen LogP contribution in [0.25, 0.3) is 87.7 Å². The highest BCUT2D eigenvalue weighted by molar-refractivity contribution is 7.26. The van der Waals surface area contributed by atoms with Gasteiger partial charge in [0.15, 0.2) is 23.1 Å². The Bertz CT molecular complexity index is 2430. The maximum Gasteiger partial charge on any atom is 0.227 e. The highest BCUT2D eigenvalue weighted by Crippen LogP contribution is 2.42. The van der Waals surface area contributed by atoms with Gasteiger partial charge in [-0.3, -0.25) is 0 Å². The smallest absolute Gasteiger partial charge is 0.227 e. The number of aromatic nitrogens is 4. The van der Waals surface area contributed by atoms with E-state index in [1.165, 1.54) is 14.8 Å². The van der Waals surface area contributed by atoms with E-state index in [2.05, 4.69) is 42.5 Å². The van der Waals surface area contributed by atoms with Gasteiger partial charge in [0.05, 0.1) is 0 Å². The minimum atomic E-state index is 0.639. The molecule has 6 heteroatoms. The number of benzene rings is 6. The molecule has 5 nitrogen and oxygen atoms in total. The van der Waals surface area contributed by atoms with E-state index in [0.29, 0.717) is 23.4 Å². The largest absolute Gasteiger partial charge is 0.435 e. The molecule has 0 radical (unpaired) electrons. The summed E-state index contributed by atoms with van der Waals surface area (Å²) in [6.45, 7) is 0. The highest BCUT2D eigenvalue weighted by Gasteiger charge is 2.17. The molecule has 0 aliphatic carbocycles. The lowest BCUT2D eigenvalue weighted by molar-refractivity contribution is 0.623. The fraction of sp³-hybridized carbons (Fsp3) is 0. The maximum atomic E-state index is 6.39. The zero-order chi connectivity index (χ0) is 29.0. The Hall–Kier alpha value is -5.72. The van der Waals surface area contributed by atoms with Crippen molar-refractivity contribution in [1.82, 2.24) is 19.9 Å². The Morgan fingerprint density at radius 2 is 1.07 bits per heavy atom. The Kier molecular flexibility index (Phi) is 5.61. The van der Waals surface area contributed by atoms with Crippen LogP contribution >= 0.6 is 11.3 Å². The average Bonchev–Trinajstić information content (AvgIpc) is 3.69. The van der Waals surface area contributed by atoms with Crippen molar-refractivity contribution in [3.8, 4) is 45.6 Å². The van der Waals surface area contributed by atoms with E-state index in [4.69, 9.17) is 24.4 Å². The summed E-state index contributed by atoms with van der Waals surface area (Å²) in [7, 11) is 0. The maximum absolute atomic E-state index is 6.39. The molecule has 0 saturated carbocycles. The van der Waals surface area contributed by atoms with Crippen molar-refractivity contribution in [3.05, 3.63) is 133 Å². The number of oxazole rings is 1. The van der Waals surface area contributed by atoms with Gasteiger partial charge in [-0.1, -0.05) is 91.0 Å². The van der Waals surface area contributed by atoms with E-state index in [1.807, 2.05) is 91.0 Å². The summed E-state index contributed by atoms with van der Waals surface area (Å²) in [5, 5.41) is 4.55. The van der Waals surface area contributed by atoms with E-state index in [9.17, 15) is 0 Å². The molecule has 0 amide bonds. The van der Waals surface area contributed by atoms with Crippen molar-refractivity contribution in [2.75, 3.05) is 0 Å². The Balaban J connectivity index is 1.20. The van der Waals surface area contributed by atoms with Crippen LogP contribution in [-0.2, 0) is 0 Å². The van der Waals surface area contributed by atoms with Crippen LogP contribution in [0.15, 0.2) is 138 Å². The van der Waals surface area contributed by atoms with Gasteiger partial charge in [-0.05, 0) is 53.2 Å². The molecule has 9 rings (SSSR count). The Morgan fingerprint density at radius 3 is 1.73 bits per heavy atom. The second-order valence-electron chi connectivity index (χ2n) is 10.7. The van der Waals surface area contributed by atoms with Gasteiger partial charge < -0.3 is 4.42 Å². The highest BCUT2D eigenvalue weighted by atomic mass is 32.1. The first-order valence-electron chi connectivity index (χ1n) is 14.4. The van der Waals surface area contributed by atoms with E-state index < -0.39 is 0 Å². The number of thiophene rings is 1. The topological polar surface area (TPSA) is 64.7 Å². The molecule has 44 heavy (non-hydrogen) atoms. The molecule has 0 atom stereocenters. The Labute approximate surface area is 256 Å². The summed E-state index contributed by atoms with van der Waals surface area (Å²) in [5.41, 5.74) is 5.52. The van der Waals surface area contributed by atoms with Crippen LogP contribution in [0.5, 0.6) is 0 Å². The van der Waals surface area contributed by atoms with Crippen molar-refractivity contribution >= 4 is 53.4 Å². The SMILES string of the molecule is c1ccc(-c2nc(-c3ccccc3)nc(-c3ccc4cc5c(cc4c3)sc3ccc4nc(-c6ccccc6)oc4c35)n2)cc1. The molecule has 3 heterocycles. The van der Waals surface area contributed by atoms with Gasteiger partial charge in [0.1, 0.15) is 5.52 Å². The van der Waals surface area contributed by atoms with Crippen molar-refractivity contribution in [2.24, 2.45) is 0 Å². The molecule has 0 fully saturated rings. The normalized spacial score (nSPS) is 11.6. The molecule has 3 aromatic heterocycles. The van der Waals surface area contributed by atoms with Gasteiger partial charge in [0.25, 0.3) is 0 Å². The first kappa shape index (κ1) is 24.8. The van der Waals surface area contributed by atoms with Crippen LogP contribution in [0.1, 0.15) is 0 Å². The zero-order valence-corrected chi connectivity index (χ0v) is 24.1. The lowest BCUT2D eigenvalue weighted by Crippen LogP contribution is -2.00. The van der Waals surface area contributed by atoms with Gasteiger partial charge in [-0.25, -0.2) is 19.9 Å². The lowest BCUT2D eigenvalue weighted by atomic mass is 10.0. The minimum Gasteiger partial charge on any atom is -0.435 e. The molecule has 0 spiro atoms. The second kappa shape index (κ2) is 9.93. The molecule has 0 saturated heterocycles. The third kappa shape index (κ3) is 4.15. The zero-order valence-electron chi connectivity index (χ0n) is 23.3. The monoisotopic (exact) mass is 582 g/mol. The number of nitrogens with zero attached hydrogens (tertiary/aromatic N) is 4. The fourth-order valence-corrected chi connectivity index (χ4v) is 6.90. The van der Waals surface area contributed by atoms with Gasteiger partial charge in [0.2, 0.25) is 5.89 Å². The molecule has 6 aromatic carbocycles.